The number of benzene rings is 2. The Labute approximate surface area is 217 Å². The van der Waals surface area contributed by atoms with Crippen molar-refractivity contribution in [3.05, 3.63) is 88.7 Å². The maximum atomic E-state index is 14.0. The molecule has 38 heavy (non-hydrogen) atoms. The lowest BCUT2D eigenvalue weighted by molar-refractivity contribution is 0.0515. The molecule has 2 aromatic carbocycles. The highest BCUT2D eigenvalue weighted by atomic mass is 16.5. The number of carbonyl (C=O) groups excluding carboxylic acids is 2. The fourth-order valence-corrected chi connectivity index (χ4v) is 5.05. The number of hydrogen-bond donors (Lipinski definition) is 0. The summed E-state index contributed by atoms with van der Waals surface area (Å²) in [5.74, 6) is 0.421. The van der Waals surface area contributed by atoms with Crippen LogP contribution in [0.25, 0.3) is 27.5 Å². The molecule has 0 bridgehead atoms. The van der Waals surface area contributed by atoms with Crippen LogP contribution >= 0.6 is 0 Å². The van der Waals surface area contributed by atoms with Gasteiger partial charge in [0.15, 0.2) is 11.5 Å². The number of nitrogens with zero attached hydrogens (tertiary/aromatic N) is 5. The maximum Gasteiger partial charge on any atom is 0.296 e. The number of rotatable bonds is 4. The number of furan rings is 1. The van der Waals surface area contributed by atoms with E-state index in [1.165, 1.54) is 10.9 Å². The number of hydrogen-bond acceptors (Lipinski definition) is 6. The number of amides is 2. The van der Waals surface area contributed by atoms with Gasteiger partial charge in [0.1, 0.15) is 11.3 Å². The van der Waals surface area contributed by atoms with Crippen molar-refractivity contribution in [1.82, 2.24) is 24.1 Å². The van der Waals surface area contributed by atoms with Crippen LogP contribution in [0.4, 0.5) is 0 Å². The van der Waals surface area contributed by atoms with E-state index in [-0.39, 0.29) is 28.8 Å². The number of piperazine rings is 1. The summed E-state index contributed by atoms with van der Waals surface area (Å²) in [5.41, 5.74) is 1.61. The Bertz CT molecular complexity index is 1730. The van der Waals surface area contributed by atoms with E-state index in [1.807, 2.05) is 35.9 Å². The molecule has 1 aliphatic heterocycles. The Morgan fingerprint density at radius 3 is 2.24 bits per heavy atom. The first kappa shape index (κ1) is 23.5. The number of carbonyl (C=O) groups is 2. The monoisotopic (exact) mass is 511 g/mol. The van der Waals surface area contributed by atoms with Crippen molar-refractivity contribution in [2.45, 2.75) is 0 Å². The Morgan fingerprint density at radius 1 is 0.895 bits per heavy atom. The van der Waals surface area contributed by atoms with Crippen molar-refractivity contribution >= 4 is 33.6 Å². The SMILES string of the molecule is COc1ccc(-n2nc(C(=O)N3CCN(C(=O)c4ccco4)CC3)c3c4ccccc4n(C)c3c2=O)cc1. The summed E-state index contributed by atoms with van der Waals surface area (Å²) in [4.78, 5) is 43.7. The maximum absolute atomic E-state index is 14.0. The van der Waals surface area contributed by atoms with Crippen molar-refractivity contribution in [1.29, 1.82) is 0 Å². The molecular formula is C28H25N5O5. The minimum Gasteiger partial charge on any atom is -0.497 e. The summed E-state index contributed by atoms with van der Waals surface area (Å²) < 4.78 is 13.6. The van der Waals surface area contributed by atoms with Crippen molar-refractivity contribution in [3.8, 4) is 11.4 Å². The standard InChI is InChI=1S/C28H25N5O5/c1-30-21-7-4-3-6-20(21)23-24(29-33(28(36)25(23)30)18-9-11-19(37-2)12-10-18)27(35)32-15-13-31(14-16-32)26(34)22-8-5-17-38-22/h3-12,17H,13-16H2,1-2H3. The van der Waals surface area contributed by atoms with Crippen molar-refractivity contribution in [3.63, 3.8) is 0 Å². The van der Waals surface area contributed by atoms with E-state index >= 15 is 0 Å². The van der Waals surface area contributed by atoms with Gasteiger partial charge in [0.05, 0.1) is 19.1 Å². The predicted molar refractivity (Wildman–Crippen MR) is 141 cm³/mol. The first-order valence-corrected chi connectivity index (χ1v) is 12.2. The van der Waals surface area contributed by atoms with Gasteiger partial charge in [0, 0.05) is 49.5 Å². The largest absolute Gasteiger partial charge is 0.497 e. The molecule has 0 saturated carbocycles. The van der Waals surface area contributed by atoms with Crippen LogP contribution in [0.1, 0.15) is 21.0 Å². The second-order valence-electron chi connectivity index (χ2n) is 9.13. The highest BCUT2D eigenvalue weighted by Gasteiger charge is 2.30. The molecule has 0 spiro atoms. The number of fused-ring (bicyclic) bond motifs is 3. The lowest BCUT2D eigenvalue weighted by Gasteiger charge is -2.34. The minimum absolute atomic E-state index is 0.193. The van der Waals surface area contributed by atoms with Crippen molar-refractivity contribution < 1.29 is 18.7 Å². The lowest BCUT2D eigenvalue weighted by Crippen LogP contribution is -2.51. The molecular weight excluding hydrogens is 486 g/mol. The smallest absolute Gasteiger partial charge is 0.296 e. The first-order valence-electron chi connectivity index (χ1n) is 12.2. The Morgan fingerprint density at radius 2 is 1.58 bits per heavy atom. The molecule has 192 valence electrons. The van der Waals surface area contributed by atoms with Crippen LogP contribution in [0.5, 0.6) is 5.75 Å². The van der Waals surface area contributed by atoms with E-state index in [0.29, 0.717) is 48.5 Å². The molecule has 6 rings (SSSR count). The van der Waals surface area contributed by atoms with Gasteiger partial charge in [-0.2, -0.15) is 9.78 Å². The zero-order valence-electron chi connectivity index (χ0n) is 21.0. The summed E-state index contributed by atoms with van der Waals surface area (Å²) in [7, 11) is 3.39. The Kier molecular flexibility index (Phi) is 5.71. The van der Waals surface area contributed by atoms with Gasteiger partial charge in [0.2, 0.25) is 0 Å². The Balaban J connectivity index is 1.43. The summed E-state index contributed by atoms with van der Waals surface area (Å²) in [6, 6.07) is 17.8. The van der Waals surface area contributed by atoms with Crippen LogP contribution in [0, 0.1) is 0 Å². The molecule has 2 amide bonds. The van der Waals surface area contributed by atoms with Gasteiger partial charge in [0.25, 0.3) is 17.4 Å². The lowest BCUT2D eigenvalue weighted by atomic mass is 10.1. The van der Waals surface area contributed by atoms with Gasteiger partial charge in [-0.15, -0.1) is 0 Å². The molecule has 0 radical (unpaired) electrons. The normalized spacial score (nSPS) is 13.8. The summed E-state index contributed by atoms with van der Waals surface area (Å²) in [6.45, 7) is 1.39. The third-order valence-corrected chi connectivity index (χ3v) is 7.04. The average molecular weight is 512 g/mol. The number of aryl methyl sites for hydroxylation is 1. The molecule has 0 N–H and O–H groups in total. The summed E-state index contributed by atoms with van der Waals surface area (Å²) in [5, 5.41) is 5.93. The molecule has 0 aliphatic carbocycles. The number of ether oxygens (including phenoxy) is 1. The highest BCUT2D eigenvalue weighted by Crippen LogP contribution is 2.29. The number of para-hydroxylation sites is 1. The molecule has 0 atom stereocenters. The molecule has 4 heterocycles. The number of methoxy groups -OCH3 is 1. The molecule has 1 aliphatic rings. The predicted octanol–water partition coefficient (Wildman–Crippen LogP) is 3.08. The van der Waals surface area contributed by atoms with E-state index in [9.17, 15) is 14.4 Å². The molecule has 1 saturated heterocycles. The molecule has 0 unspecified atom stereocenters. The van der Waals surface area contributed by atoms with Gasteiger partial charge in [-0.3, -0.25) is 14.4 Å². The fraction of sp³-hybridized carbons (Fsp3) is 0.214. The molecule has 5 aromatic rings. The van der Waals surface area contributed by atoms with Crippen LogP contribution in [-0.2, 0) is 7.05 Å². The average Bonchev–Trinajstić information content (AvgIpc) is 3.61. The third-order valence-electron chi connectivity index (χ3n) is 7.04. The third kappa shape index (κ3) is 3.73. The van der Waals surface area contributed by atoms with Gasteiger partial charge < -0.3 is 23.5 Å². The fourth-order valence-electron chi connectivity index (χ4n) is 5.05. The topological polar surface area (TPSA) is 103 Å². The van der Waals surface area contributed by atoms with Crippen LogP contribution in [0.3, 0.4) is 0 Å². The van der Waals surface area contributed by atoms with Crippen LogP contribution in [0.2, 0.25) is 0 Å². The summed E-state index contributed by atoms with van der Waals surface area (Å²) in [6.07, 6.45) is 1.46. The Hall–Kier alpha value is -4.86. The zero-order valence-corrected chi connectivity index (χ0v) is 21.0. The first-order chi connectivity index (χ1) is 18.5. The van der Waals surface area contributed by atoms with Gasteiger partial charge in [-0.25, -0.2) is 0 Å². The van der Waals surface area contributed by atoms with Crippen LogP contribution in [0.15, 0.2) is 76.1 Å². The van der Waals surface area contributed by atoms with E-state index in [2.05, 4.69) is 5.10 Å². The molecule has 3 aromatic heterocycles. The summed E-state index contributed by atoms with van der Waals surface area (Å²) >= 11 is 0. The molecule has 10 nitrogen and oxygen atoms in total. The second-order valence-corrected chi connectivity index (χ2v) is 9.13. The van der Waals surface area contributed by atoms with E-state index in [4.69, 9.17) is 9.15 Å². The van der Waals surface area contributed by atoms with E-state index in [0.717, 1.165) is 10.9 Å². The quantitative estimate of drug-likeness (QED) is 0.368. The van der Waals surface area contributed by atoms with Crippen LogP contribution < -0.4 is 10.3 Å². The highest BCUT2D eigenvalue weighted by molar-refractivity contribution is 6.16. The van der Waals surface area contributed by atoms with Crippen molar-refractivity contribution in [2.24, 2.45) is 7.05 Å². The van der Waals surface area contributed by atoms with E-state index in [1.54, 1.807) is 53.3 Å². The van der Waals surface area contributed by atoms with Crippen LogP contribution in [-0.4, -0.2) is 69.3 Å². The van der Waals surface area contributed by atoms with E-state index < -0.39 is 0 Å². The zero-order chi connectivity index (χ0) is 26.4. The van der Waals surface area contributed by atoms with Gasteiger partial charge in [-0.05, 0) is 42.5 Å². The minimum atomic E-state index is -0.325. The number of aromatic nitrogens is 3. The van der Waals surface area contributed by atoms with Crippen molar-refractivity contribution in [2.75, 3.05) is 33.3 Å². The van der Waals surface area contributed by atoms with Gasteiger partial charge in [-0.1, -0.05) is 18.2 Å². The second kappa shape index (κ2) is 9.22. The molecule has 1 fully saturated rings. The van der Waals surface area contributed by atoms with Gasteiger partial charge >= 0.3 is 0 Å². The molecule has 10 heteroatoms.